The minimum Gasteiger partial charge on any atom is -0.463 e. The second-order valence-corrected chi connectivity index (χ2v) is 7.14. The first-order valence-electron chi connectivity index (χ1n) is 12.2. The lowest BCUT2D eigenvalue weighted by molar-refractivity contribution is -0.420. The summed E-state index contributed by atoms with van der Waals surface area (Å²) in [4.78, 5) is 20.2. The molecule has 1 aliphatic rings. The molecule has 200 valence electrons. The molecule has 1 rings (SSSR count). The van der Waals surface area contributed by atoms with E-state index in [0.717, 1.165) is 41.8 Å². The van der Waals surface area contributed by atoms with E-state index in [9.17, 15) is 14.9 Å². The summed E-state index contributed by atoms with van der Waals surface area (Å²) in [5.41, 5.74) is 10.2. The van der Waals surface area contributed by atoms with Crippen LogP contribution in [0.4, 0.5) is 0 Å². The van der Waals surface area contributed by atoms with Gasteiger partial charge in [0.1, 0.15) is 6.61 Å². The van der Waals surface area contributed by atoms with Crippen molar-refractivity contribution in [2.24, 2.45) is 0 Å². The van der Waals surface area contributed by atoms with Crippen molar-refractivity contribution in [2.75, 3.05) is 20.7 Å². The molecule has 0 unspecified atom stereocenters. The highest BCUT2D eigenvalue weighted by Gasteiger charge is 2.11. The van der Waals surface area contributed by atoms with Crippen LogP contribution in [0.3, 0.4) is 0 Å². The molecule has 0 saturated heterocycles. The lowest BCUT2D eigenvalue weighted by Gasteiger charge is -2.16. The third kappa shape index (κ3) is 18.9. The topological polar surface area (TPSA) is 106 Å². The zero-order valence-electron chi connectivity index (χ0n) is 23.3. The Morgan fingerprint density at radius 1 is 1.17 bits per heavy atom. The fourth-order valence-electron chi connectivity index (χ4n) is 2.57. The highest BCUT2D eigenvalue weighted by Crippen LogP contribution is 2.14. The number of ether oxygens (including phenoxy) is 1. The Balaban J connectivity index is -0.000000563. The maximum Gasteiger partial charge on any atom is 0.293 e. The van der Waals surface area contributed by atoms with Crippen molar-refractivity contribution in [3.63, 3.8) is 0 Å². The molecule has 0 aromatic heterocycles. The van der Waals surface area contributed by atoms with E-state index in [4.69, 9.17) is 0 Å². The molecule has 0 aliphatic heterocycles. The van der Waals surface area contributed by atoms with E-state index in [1.54, 1.807) is 20.0 Å². The van der Waals surface area contributed by atoms with Gasteiger partial charge in [0.15, 0.2) is 0 Å². The van der Waals surface area contributed by atoms with Gasteiger partial charge in [-0.25, -0.2) is 5.43 Å². The average molecular weight is 493 g/mol. The molecule has 1 aliphatic carbocycles. The number of nitrogens with one attached hydrogen (secondary N) is 3. The molecule has 0 aromatic rings. The number of nitrogens with zero attached hydrogens (tertiary/aromatic N) is 1. The monoisotopic (exact) mass is 492 g/mol. The lowest BCUT2D eigenvalue weighted by Crippen LogP contribution is -2.30. The standard InChI is InChI=1S/C14H24N4O2.C8H10O2.C3H8.C2H6/c1-7-12(15-5)14(17-16-6)11(4)8-9-13(10(2)3)18(19)20;9-7-10-6-8-4-2-1-3-5-8;1-3-2;1-2/h8-9,15-17H,2,7H2,1,3-6H3;2,4-5,7H,1,3,6H2;3H2,1-2H3;1-2H3/b11-8+,13-9+,14-12+;;;. The van der Waals surface area contributed by atoms with Gasteiger partial charge in [0.25, 0.3) is 12.2 Å². The van der Waals surface area contributed by atoms with E-state index in [2.05, 4.69) is 53.5 Å². The smallest absolute Gasteiger partial charge is 0.293 e. The van der Waals surface area contributed by atoms with Crippen LogP contribution >= 0.6 is 0 Å². The van der Waals surface area contributed by atoms with Crippen LogP contribution in [0.5, 0.6) is 0 Å². The molecular weight excluding hydrogens is 444 g/mol. The quantitative estimate of drug-likeness (QED) is 0.138. The van der Waals surface area contributed by atoms with Crippen LogP contribution in [0, 0.1) is 10.1 Å². The number of allylic oxidation sites excluding steroid dienone is 7. The van der Waals surface area contributed by atoms with E-state index in [0.29, 0.717) is 18.7 Å². The van der Waals surface area contributed by atoms with Crippen molar-refractivity contribution in [1.29, 1.82) is 0 Å². The number of carbonyl (C=O) groups is 1. The maximum atomic E-state index is 10.9. The summed E-state index contributed by atoms with van der Waals surface area (Å²) in [6.45, 7) is 18.3. The fourth-order valence-corrected chi connectivity index (χ4v) is 2.57. The van der Waals surface area contributed by atoms with Crippen LogP contribution in [0.1, 0.15) is 74.1 Å². The summed E-state index contributed by atoms with van der Waals surface area (Å²) in [5.74, 6) is 0. The second-order valence-electron chi connectivity index (χ2n) is 7.14. The van der Waals surface area contributed by atoms with Crippen molar-refractivity contribution >= 4 is 6.47 Å². The van der Waals surface area contributed by atoms with Crippen molar-refractivity contribution < 1.29 is 14.5 Å². The molecule has 0 fully saturated rings. The van der Waals surface area contributed by atoms with Crippen LogP contribution in [0.25, 0.3) is 0 Å². The normalized spacial score (nSPS) is 13.1. The molecule has 0 aromatic carbocycles. The predicted molar refractivity (Wildman–Crippen MR) is 148 cm³/mol. The Bertz CT molecular complexity index is 741. The summed E-state index contributed by atoms with van der Waals surface area (Å²) in [5, 5.41) is 14.0. The van der Waals surface area contributed by atoms with Gasteiger partial charge in [-0.05, 0) is 44.3 Å². The van der Waals surface area contributed by atoms with Crippen molar-refractivity contribution in [2.45, 2.75) is 74.1 Å². The molecule has 0 amide bonds. The van der Waals surface area contributed by atoms with Gasteiger partial charge in [0, 0.05) is 31.4 Å². The molecular formula is C27H48N4O4. The highest BCUT2D eigenvalue weighted by atomic mass is 16.6. The maximum absolute atomic E-state index is 10.9. The molecule has 35 heavy (non-hydrogen) atoms. The molecule has 0 bridgehead atoms. The first-order valence-corrected chi connectivity index (χ1v) is 12.2. The molecule has 0 spiro atoms. The Kier molecular flexibility index (Phi) is 26.5. The van der Waals surface area contributed by atoms with E-state index in [1.165, 1.54) is 12.5 Å². The number of hydrogen-bond acceptors (Lipinski definition) is 7. The molecule has 8 nitrogen and oxygen atoms in total. The number of hydrogen-bond donors (Lipinski definition) is 3. The largest absolute Gasteiger partial charge is 0.463 e. The van der Waals surface area contributed by atoms with Crippen LogP contribution in [0.2, 0.25) is 0 Å². The second kappa shape index (κ2) is 25.5. The van der Waals surface area contributed by atoms with Crippen LogP contribution < -0.4 is 16.2 Å². The van der Waals surface area contributed by atoms with Gasteiger partial charge in [0.2, 0.25) is 0 Å². The van der Waals surface area contributed by atoms with Crippen LogP contribution in [-0.4, -0.2) is 32.1 Å². The van der Waals surface area contributed by atoms with Crippen LogP contribution in [-0.2, 0) is 9.53 Å². The van der Waals surface area contributed by atoms with Gasteiger partial charge in [-0.15, -0.1) is 0 Å². The Hall–Kier alpha value is -3.13. The van der Waals surface area contributed by atoms with E-state index >= 15 is 0 Å². The van der Waals surface area contributed by atoms with E-state index in [-0.39, 0.29) is 5.70 Å². The van der Waals surface area contributed by atoms with Crippen LogP contribution in [0.15, 0.2) is 70.8 Å². The summed E-state index contributed by atoms with van der Waals surface area (Å²) < 4.78 is 4.57. The minimum atomic E-state index is -0.431. The first-order chi connectivity index (χ1) is 16.7. The Morgan fingerprint density at radius 2 is 1.77 bits per heavy atom. The van der Waals surface area contributed by atoms with Gasteiger partial charge < -0.3 is 15.5 Å². The van der Waals surface area contributed by atoms with Gasteiger partial charge in [-0.3, -0.25) is 14.9 Å². The Morgan fingerprint density at radius 3 is 2.14 bits per heavy atom. The van der Waals surface area contributed by atoms with E-state index < -0.39 is 4.92 Å². The SMILES string of the molecule is C=C(C)\C(=C/C=C(C)/C(NNC)=C(/CC)NC)[N+](=O)[O-].CC.CCC.O=COCC1=CCCC=C1. The van der Waals surface area contributed by atoms with Gasteiger partial charge in [0.05, 0.1) is 10.6 Å². The molecule has 0 radical (unpaired) electrons. The van der Waals surface area contributed by atoms with Crippen molar-refractivity contribution in [3.8, 4) is 0 Å². The highest BCUT2D eigenvalue weighted by molar-refractivity contribution is 5.38. The molecule has 0 heterocycles. The minimum absolute atomic E-state index is 0.00987. The van der Waals surface area contributed by atoms with Gasteiger partial charge in [-0.2, -0.15) is 0 Å². The summed E-state index contributed by atoms with van der Waals surface area (Å²) in [6.07, 6.45) is 13.6. The third-order valence-electron chi connectivity index (χ3n) is 4.12. The molecule has 0 atom stereocenters. The number of nitro groups is 1. The van der Waals surface area contributed by atoms with Gasteiger partial charge >= 0.3 is 0 Å². The fraction of sp³-hybridized carbons (Fsp3) is 0.519. The lowest BCUT2D eigenvalue weighted by atomic mass is 10.1. The first kappa shape index (κ1) is 36.4. The zero-order chi connectivity index (χ0) is 27.6. The molecule has 8 heteroatoms. The summed E-state index contributed by atoms with van der Waals surface area (Å²) >= 11 is 0. The molecule has 3 N–H and O–H groups in total. The number of carbonyl (C=O) groups excluding carboxylic acids is 1. The van der Waals surface area contributed by atoms with Gasteiger partial charge in [-0.1, -0.05) is 71.9 Å². The molecule has 0 saturated carbocycles. The predicted octanol–water partition coefficient (Wildman–Crippen LogP) is 6.11. The van der Waals surface area contributed by atoms with E-state index in [1.807, 2.05) is 40.8 Å². The number of hydrazine groups is 1. The number of rotatable bonds is 11. The van der Waals surface area contributed by atoms with Crippen molar-refractivity contribution in [3.05, 3.63) is 80.9 Å². The summed E-state index contributed by atoms with van der Waals surface area (Å²) in [7, 11) is 3.61. The third-order valence-corrected chi connectivity index (χ3v) is 4.12. The summed E-state index contributed by atoms with van der Waals surface area (Å²) in [6, 6.07) is 0. The average Bonchev–Trinajstić information content (AvgIpc) is 2.85. The zero-order valence-corrected chi connectivity index (χ0v) is 23.3. The van der Waals surface area contributed by atoms with Crippen molar-refractivity contribution in [1.82, 2.24) is 16.2 Å². The Labute approximate surface area is 213 Å².